The first-order chi connectivity index (χ1) is 11.0. The summed E-state index contributed by atoms with van der Waals surface area (Å²) in [4.78, 5) is 7.50. The maximum Gasteiger partial charge on any atom is 0.408 e. The normalized spacial score (nSPS) is 26.3. The highest BCUT2D eigenvalue weighted by molar-refractivity contribution is 5.54. The summed E-state index contributed by atoms with van der Waals surface area (Å²) >= 11 is 0. The second-order valence-electron chi connectivity index (χ2n) is 6.16. The number of piperidine rings is 1. The van der Waals surface area contributed by atoms with Gasteiger partial charge in [0.15, 0.2) is 0 Å². The molecule has 2 unspecified atom stereocenters. The SMILES string of the molecule is N#Cc1cccnc1N1CCC(N2CCCC2)CC1C(F)(F)F. The predicted molar refractivity (Wildman–Crippen MR) is 80.0 cm³/mol. The fraction of sp³-hybridized carbons (Fsp3) is 0.625. The lowest BCUT2D eigenvalue weighted by atomic mass is 9.95. The molecule has 0 bridgehead atoms. The van der Waals surface area contributed by atoms with Crippen molar-refractivity contribution in [1.82, 2.24) is 9.88 Å². The van der Waals surface area contributed by atoms with Crippen LogP contribution in [0.25, 0.3) is 0 Å². The highest BCUT2D eigenvalue weighted by Gasteiger charge is 2.48. The van der Waals surface area contributed by atoms with Crippen LogP contribution >= 0.6 is 0 Å². The Hall–Kier alpha value is -1.81. The van der Waals surface area contributed by atoms with Gasteiger partial charge in [0.25, 0.3) is 0 Å². The minimum Gasteiger partial charge on any atom is -0.343 e. The van der Waals surface area contributed by atoms with E-state index in [1.54, 1.807) is 6.07 Å². The van der Waals surface area contributed by atoms with Gasteiger partial charge in [0.2, 0.25) is 0 Å². The van der Waals surface area contributed by atoms with Crippen LogP contribution in [0.4, 0.5) is 19.0 Å². The third-order valence-electron chi connectivity index (χ3n) is 4.79. The number of hydrogen-bond acceptors (Lipinski definition) is 4. The fourth-order valence-electron chi connectivity index (χ4n) is 3.66. The first kappa shape index (κ1) is 16.1. The van der Waals surface area contributed by atoms with Crippen LogP contribution in [0.2, 0.25) is 0 Å². The Morgan fingerprint density at radius 3 is 2.61 bits per heavy atom. The van der Waals surface area contributed by atoms with Crippen LogP contribution in [-0.2, 0) is 0 Å². The third-order valence-corrected chi connectivity index (χ3v) is 4.79. The maximum atomic E-state index is 13.6. The van der Waals surface area contributed by atoms with Crippen LogP contribution in [0.3, 0.4) is 0 Å². The molecule has 0 aliphatic carbocycles. The first-order valence-corrected chi connectivity index (χ1v) is 7.93. The van der Waals surface area contributed by atoms with Crippen molar-refractivity contribution < 1.29 is 13.2 Å². The van der Waals surface area contributed by atoms with Crippen molar-refractivity contribution in [1.29, 1.82) is 5.26 Å². The maximum absolute atomic E-state index is 13.6. The van der Waals surface area contributed by atoms with E-state index in [1.165, 1.54) is 17.2 Å². The lowest BCUT2D eigenvalue weighted by molar-refractivity contribution is -0.156. The molecule has 2 fully saturated rings. The Labute approximate surface area is 133 Å². The topological polar surface area (TPSA) is 43.2 Å². The zero-order chi connectivity index (χ0) is 16.4. The van der Waals surface area contributed by atoms with Gasteiger partial charge in [-0.1, -0.05) is 0 Å². The molecule has 1 aromatic heterocycles. The fourth-order valence-corrected chi connectivity index (χ4v) is 3.66. The monoisotopic (exact) mass is 324 g/mol. The van der Waals surface area contributed by atoms with Gasteiger partial charge < -0.3 is 9.80 Å². The van der Waals surface area contributed by atoms with Crippen molar-refractivity contribution in [3.8, 4) is 6.07 Å². The van der Waals surface area contributed by atoms with Crippen molar-refractivity contribution in [2.75, 3.05) is 24.5 Å². The van der Waals surface area contributed by atoms with E-state index in [0.29, 0.717) is 6.42 Å². The minimum atomic E-state index is -4.33. The Morgan fingerprint density at radius 1 is 1.22 bits per heavy atom. The molecule has 0 N–H and O–H groups in total. The van der Waals surface area contributed by atoms with Crippen LogP contribution < -0.4 is 4.90 Å². The molecule has 0 aromatic carbocycles. The van der Waals surface area contributed by atoms with Crippen LogP contribution in [0.15, 0.2) is 18.3 Å². The Balaban J connectivity index is 1.87. The third kappa shape index (κ3) is 3.27. The van der Waals surface area contributed by atoms with Crippen molar-refractivity contribution in [2.45, 2.75) is 43.9 Å². The molecule has 3 rings (SSSR count). The number of hydrogen-bond donors (Lipinski definition) is 0. The molecule has 1 aromatic rings. The molecule has 2 atom stereocenters. The van der Waals surface area contributed by atoms with Crippen molar-refractivity contribution in [3.63, 3.8) is 0 Å². The molecule has 7 heteroatoms. The molecule has 23 heavy (non-hydrogen) atoms. The lowest BCUT2D eigenvalue weighted by Crippen LogP contribution is -2.55. The number of nitrogens with zero attached hydrogens (tertiary/aromatic N) is 4. The first-order valence-electron chi connectivity index (χ1n) is 7.93. The van der Waals surface area contributed by atoms with Gasteiger partial charge in [0.1, 0.15) is 17.9 Å². The minimum absolute atomic E-state index is 0.0328. The summed E-state index contributed by atoms with van der Waals surface area (Å²) in [5, 5.41) is 9.16. The predicted octanol–water partition coefficient (Wildman–Crippen LogP) is 2.95. The van der Waals surface area contributed by atoms with E-state index in [4.69, 9.17) is 5.26 Å². The number of halogens is 3. The van der Waals surface area contributed by atoms with Gasteiger partial charge in [-0.05, 0) is 50.9 Å². The number of likely N-dealkylation sites (tertiary alicyclic amines) is 1. The second-order valence-corrected chi connectivity index (χ2v) is 6.16. The smallest absolute Gasteiger partial charge is 0.343 e. The lowest BCUT2D eigenvalue weighted by Gasteiger charge is -2.43. The summed E-state index contributed by atoms with van der Waals surface area (Å²) in [5.74, 6) is 0.150. The molecule has 124 valence electrons. The van der Waals surface area contributed by atoms with Gasteiger partial charge in [-0.3, -0.25) is 0 Å². The number of pyridine rings is 1. The van der Waals surface area contributed by atoms with Crippen molar-refractivity contribution in [3.05, 3.63) is 23.9 Å². The molecule has 3 heterocycles. The van der Waals surface area contributed by atoms with Crippen LogP contribution in [-0.4, -0.2) is 47.8 Å². The number of rotatable bonds is 2. The highest BCUT2D eigenvalue weighted by atomic mass is 19.4. The highest BCUT2D eigenvalue weighted by Crippen LogP contribution is 2.37. The number of anilines is 1. The van der Waals surface area contributed by atoms with E-state index >= 15 is 0 Å². The summed E-state index contributed by atoms with van der Waals surface area (Å²) in [6, 6.07) is 3.42. The average Bonchev–Trinajstić information content (AvgIpc) is 3.08. The average molecular weight is 324 g/mol. The number of aromatic nitrogens is 1. The summed E-state index contributed by atoms with van der Waals surface area (Å²) < 4.78 is 40.8. The molecule has 2 saturated heterocycles. The molecular formula is C16H19F3N4. The standard InChI is InChI=1S/C16H19F3N4/c17-16(18,19)14-10-13(22-7-1-2-8-22)5-9-23(14)15-12(11-20)4-3-6-21-15/h3-4,6,13-14H,1-2,5,7-10H2. The molecule has 0 spiro atoms. The Kier molecular flexibility index (Phi) is 4.44. The Morgan fingerprint density at radius 2 is 1.96 bits per heavy atom. The summed E-state index contributed by atoms with van der Waals surface area (Å²) in [6.07, 6.45) is -0.0385. The molecule has 0 amide bonds. The van der Waals surface area contributed by atoms with E-state index < -0.39 is 12.2 Å². The number of alkyl halides is 3. The second kappa shape index (κ2) is 6.36. The van der Waals surface area contributed by atoms with E-state index in [0.717, 1.165) is 25.9 Å². The van der Waals surface area contributed by atoms with E-state index in [-0.39, 0.29) is 30.4 Å². The van der Waals surface area contributed by atoms with E-state index in [2.05, 4.69) is 9.88 Å². The number of nitriles is 1. The largest absolute Gasteiger partial charge is 0.408 e. The molecule has 2 aliphatic heterocycles. The molecule has 0 radical (unpaired) electrons. The molecule has 0 saturated carbocycles. The molecule has 4 nitrogen and oxygen atoms in total. The van der Waals surface area contributed by atoms with Crippen LogP contribution in [0.1, 0.15) is 31.2 Å². The quantitative estimate of drug-likeness (QED) is 0.839. The van der Waals surface area contributed by atoms with Crippen LogP contribution in [0, 0.1) is 11.3 Å². The van der Waals surface area contributed by atoms with Gasteiger partial charge in [-0.2, -0.15) is 18.4 Å². The summed E-state index contributed by atoms with van der Waals surface area (Å²) in [5.41, 5.74) is 0.196. The summed E-state index contributed by atoms with van der Waals surface area (Å²) in [6.45, 7) is 2.06. The van der Waals surface area contributed by atoms with Crippen molar-refractivity contribution >= 4 is 5.82 Å². The van der Waals surface area contributed by atoms with Crippen LogP contribution in [0.5, 0.6) is 0 Å². The van der Waals surface area contributed by atoms with Gasteiger partial charge in [-0.15, -0.1) is 0 Å². The molecule has 2 aliphatic rings. The van der Waals surface area contributed by atoms with Gasteiger partial charge in [0, 0.05) is 18.8 Å². The van der Waals surface area contributed by atoms with E-state index in [9.17, 15) is 13.2 Å². The van der Waals surface area contributed by atoms with Gasteiger partial charge in [-0.25, -0.2) is 4.98 Å². The van der Waals surface area contributed by atoms with E-state index in [1.807, 2.05) is 6.07 Å². The van der Waals surface area contributed by atoms with Gasteiger partial charge in [0.05, 0.1) is 5.56 Å². The zero-order valence-corrected chi connectivity index (χ0v) is 12.8. The molecular weight excluding hydrogens is 305 g/mol. The van der Waals surface area contributed by atoms with Crippen molar-refractivity contribution in [2.24, 2.45) is 0 Å². The zero-order valence-electron chi connectivity index (χ0n) is 12.8. The summed E-state index contributed by atoms with van der Waals surface area (Å²) in [7, 11) is 0. The Bertz CT molecular complexity index is 590. The van der Waals surface area contributed by atoms with Gasteiger partial charge >= 0.3 is 6.18 Å².